The molecule has 1 atom stereocenters. The van der Waals surface area contributed by atoms with E-state index < -0.39 is 6.10 Å². The summed E-state index contributed by atoms with van der Waals surface area (Å²) in [5.41, 5.74) is 1.31. The van der Waals surface area contributed by atoms with Gasteiger partial charge in [0.25, 0.3) is 5.91 Å². The van der Waals surface area contributed by atoms with Crippen molar-refractivity contribution >= 4 is 34.8 Å². The maximum absolute atomic E-state index is 12.3. The number of nitrogens with zero attached hydrogens (tertiary/aromatic N) is 2. The van der Waals surface area contributed by atoms with Gasteiger partial charge < -0.3 is 19.9 Å². The van der Waals surface area contributed by atoms with E-state index >= 15 is 0 Å². The zero-order valence-corrected chi connectivity index (χ0v) is 13.7. The largest absolute Gasteiger partial charge is 0.479 e. The van der Waals surface area contributed by atoms with E-state index in [1.807, 2.05) is 19.0 Å². The third-order valence-corrected chi connectivity index (χ3v) is 3.59. The van der Waals surface area contributed by atoms with Crippen LogP contribution in [0, 0.1) is 0 Å². The molecule has 1 N–H and O–H groups in total. The zero-order valence-electron chi connectivity index (χ0n) is 12.9. The van der Waals surface area contributed by atoms with Gasteiger partial charge in [-0.1, -0.05) is 0 Å². The molecule has 120 valence electrons. The number of likely N-dealkylation sites (N-methyl/N-ethyl adjacent to an activating group) is 1. The molecule has 1 aliphatic heterocycles. The molecule has 2 rings (SSSR count). The molecule has 0 saturated heterocycles. The number of carbonyl (C=O) groups excluding carboxylic acids is 2. The third kappa shape index (κ3) is 3.69. The maximum Gasteiger partial charge on any atom is 0.267 e. The molecule has 2 amide bonds. The van der Waals surface area contributed by atoms with Gasteiger partial charge in [0.15, 0.2) is 6.10 Å². The highest BCUT2D eigenvalue weighted by atomic mass is 35.5. The third-order valence-electron chi connectivity index (χ3n) is 3.34. The van der Waals surface area contributed by atoms with E-state index in [-0.39, 0.29) is 17.7 Å². The van der Waals surface area contributed by atoms with Crippen LogP contribution in [-0.2, 0) is 9.59 Å². The van der Waals surface area contributed by atoms with E-state index in [4.69, 9.17) is 16.3 Å². The number of rotatable bonds is 5. The van der Waals surface area contributed by atoms with Crippen molar-refractivity contribution < 1.29 is 14.3 Å². The fourth-order valence-electron chi connectivity index (χ4n) is 2.21. The Bertz CT molecular complexity index is 577. The van der Waals surface area contributed by atoms with E-state index in [0.29, 0.717) is 23.7 Å². The van der Waals surface area contributed by atoms with Crippen LogP contribution in [0.5, 0.6) is 5.75 Å². The second-order valence-corrected chi connectivity index (χ2v) is 5.68. The predicted molar refractivity (Wildman–Crippen MR) is 86.8 cm³/mol. The molecule has 0 radical (unpaired) electrons. The lowest BCUT2D eigenvalue weighted by molar-refractivity contribution is -0.125. The summed E-state index contributed by atoms with van der Waals surface area (Å²) in [6, 6.07) is 5.22. The first kappa shape index (κ1) is 16.6. The molecule has 7 heteroatoms. The average Bonchev–Trinajstić information content (AvgIpc) is 2.47. The number of fused-ring (bicyclic) bond motifs is 1. The van der Waals surface area contributed by atoms with E-state index in [1.54, 1.807) is 30.0 Å². The van der Waals surface area contributed by atoms with Crippen LogP contribution >= 0.6 is 11.6 Å². The van der Waals surface area contributed by atoms with Crippen molar-refractivity contribution in [2.45, 2.75) is 13.0 Å². The van der Waals surface area contributed by atoms with Crippen LogP contribution in [0.25, 0.3) is 0 Å². The van der Waals surface area contributed by atoms with Crippen LogP contribution in [-0.4, -0.2) is 55.9 Å². The Morgan fingerprint density at radius 3 is 2.82 bits per heavy atom. The summed E-state index contributed by atoms with van der Waals surface area (Å²) in [5.74, 6) is 0.123. The SMILES string of the molecule is CC1Oc2cc(NC(=O)CCl)ccc2N(CCN(C)C)C1=O. The summed E-state index contributed by atoms with van der Waals surface area (Å²) in [4.78, 5) is 27.4. The lowest BCUT2D eigenvalue weighted by atomic mass is 10.1. The molecular weight excluding hydrogens is 306 g/mol. The summed E-state index contributed by atoms with van der Waals surface area (Å²) in [5, 5.41) is 2.67. The van der Waals surface area contributed by atoms with Crippen LogP contribution in [0.3, 0.4) is 0 Å². The number of halogens is 1. The highest BCUT2D eigenvalue weighted by molar-refractivity contribution is 6.29. The van der Waals surface area contributed by atoms with Crippen LogP contribution in [0.1, 0.15) is 6.92 Å². The first-order valence-corrected chi connectivity index (χ1v) is 7.58. The van der Waals surface area contributed by atoms with E-state index in [2.05, 4.69) is 5.32 Å². The topological polar surface area (TPSA) is 61.9 Å². The van der Waals surface area contributed by atoms with Crippen molar-refractivity contribution in [1.82, 2.24) is 4.90 Å². The first-order valence-electron chi connectivity index (χ1n) is 7.05. The molecule has 0 spiro atoms. The summed E-state index contributed by atoms with van der Waals surface area (Å²) >= 11 is 5.48. The number of ether oxygens (including phenoxy) is 1. The number of hydrogen-bond acceptors (Lipinski definition) is 4. The molecule has 0 bridgehead atoms. The Morgan fingerprint density at radius 1 is 1.45 bits per heavy atom. The van der Waals surface area contributed by atoms with Gasteiger partial charge in [0.1, 0.15) is 11.6 Å². The summed E-state index contributed by atoms with van der Waals surface area (Å²) in [6.45, 7) is 3.06. The molecular formula is C15H20ClN3O3. The van der Waals surface area contributed by atoms with Crippen molar-refractivity contribution in [3.05, 3.63) is 18.2 Å². The molecule has 1 unspecified atom stereocenters. The average molecular weight is 326 g/mol. The van der Waals surface area contributed by atoms with E-state index in [1.165, 1.54) is 0 Å². The molecule has 6 nitrogen and oxygen atoms in total. The van der Waals surface area contributed by atoms with Gasteiger partial charge in [-0.25, -0.2) is 0 Å². The second kappa shape index (κ2) is 6.98. The maximum atomic E-state index is 12.3. The van der Waals surface area contributed by atoms with Crippen molar-refractivity contribution in [2.75, 3.05) is 43.3 Å². The van der Waals surface area contributed by atoms with Gasteiger partial charge in [-0.15, -0.1) is 11.6 Å². The minimum absolute atomic E-state index is 0.0631. The van der Waals surface area contributed by atoms with Gasteiger partial charge in [-0.2, -0.15) is 0 Å². The zero-order chi connectivity index (χ0) is 16.3. The minimum Gasteiger partial charge on any atom is -0.479 e. The Hall–Kier alpha value is -1.79. The number of benzene rings is 1. The van der Waals surface area contributed by atoms with Gasteiger partial charge in [-0.3, -0.25) is 9.59 Å². The highest BCUT2D eigenvalue weighted by Crippen LogP contribution is 2.36. The molecule has 1 aliphatic rings. The highest BCUT2D eigenvalue weighted by Gasteiger charge is 2.31. The summed E-state index contributed by atoms with van der Waals surface area (Å²) in [6.07, 6.45) is -0.548. The summed E-state index contributed by atoms with van der Waals surface area (Å²) in [7, 11) is 3.92. The normalized spacial score (nSPS) is 17.2. The molecule has 22 heavy (non-hydrogen) atoms. The molecule has 0 saturated carbocycles. The van der Waals surface area contributed by atoms with Crippen LogP contribution in [0.4, 0.5) is 11.4 Å². The number of amides is 2. The van der Waals surface area contributed by atoms with E-state index in [0.717, 1.165) is 6.54 Å². The van der Waals surface area contributed by atoms with Crippen LogP contribution in [0.15, 0.2) is 18.2 Å². The number of nitrogens with one attached hydrogen (secondary N) is 1. The van der Waals surface area contributed by atoms with Gasteiger partial charge >= 0.3 is 0 Å². The van der Waals surface area contributed by atoms with Gasteiger partial charge in [0, 0.05) is 24.8 Å². The Labute approximate surface area is 135 Å². The Balaban J connectivity index is 2.26. The molecule has 0 aromatic heterocycles. The van der Waals surface area contributed by atoms with E-state index in [9.17, 15) is 9.59 Å². The van der Waals surface area contributed by atoms with Crippen molar-refractivity contribution in [3.63, 3.8) is 0 Å². The smallest absolute Gasteiger partial charge is 0.267 e. The molecule has 1 heterocycles. The molecule has 1 aromatic rings. The summed E-state index contributed by atoms with van der Waals surface area (Å²) < 4.78 is 5.65. The number of hydrogen-bond donors (Lipinski definition) is 1. The van der Waals surface area contributed by atoms with Gasteiger partial charge in [-0.05, 0) is 33.2 Å². The standard InChI is InChI=1S/C15H20ClN3O3/c1-10-15(21)19(7-6-18(2)3)12-5-4-11(8-13(12)22-10)17-14(20)9-16/h4-5,8,10H,6-7,9H2,1-3H3,(H,17,20). The molecule has 0 fully saturated rings. The fourth-order valence-corrected chi connectivity index (χ4v) is 2.28. The number of carbonyl (C=O) groups is 2. The minimum atomic E-state index is -0.548. The van der Waals surface area contributed by atoms with Gasteiger partial charge in [0.2, 0.25) is 5.91 Å². The number of anilines is 2. The quantitative estimate of drug-likeness (QED) is 0.834. The second-order valence-electron chi connectivity index (χ2n) is 5.42. The van der Waals surface area contributed by atoms with Crippen LogP contribution < -0.4 is 15.0 Å². The first-order chi connectivity index (χ1) is 10.4. The fraction of sp³-hybridized carbons (Fsp3) is 0.467. The molecule has 1 aromatic carbocycles. The monoisotopic (exact) mass is 325 g/mol. The van der Waals surface area contributed by atoms with Gasteiger partial charge in [0.05, 0.1) is 5.69 Å². The lowest BCUT2D eigenvalue weighted by Crippen LogP contribution is -2.46. The van der Waals surface area contributed by atoms with Crippen molar-refractivity contribution in [1.29, 1.82) is 0 Å². The Morgan fingerprint density at radius 2 is 2.18 bits per heavy atom. The lowest BCUT2D eigenvalue weighted by Gasteiger charge is -2.34. The molecule has 0 aliphatic carbocycles. The number of alkyl halides is 1. The Kier molecular flexibility index (Phi) is 5.26. The van der Waals surface area contributed by atoms with Crippen molar-refractivity contribution in [3.8, 4) is 5.75 Å². The van der Waals surface area contributed by atoms with Crippen molar-refractivity contribution in [2.24, 2.45) is 0 Å². The predicted octanol–water partition coefficient (Wildman–Crippen LogP) is 1.54. The van der Waals surface area contributed by atoms with Crippen LogP contribution in [0.2, 0.25) is 0 Å².